The maximum Gasteiger partial charge on any atom is 0.451 e. The van der Waals surface area contributed by atoms with Crippen molar-refractivity contribution < 1.29 is 18.0 Å². The summed E-state index contributed by atoms with van der Waals surface area (Å²) in [6, 6.07) is 1.91. The van der Waals surface area contributed by atoms with Crippen molar-refractivity contribution in [1.29, 1.82) is 0 Å². The normalized spacial score (nSPS) is 18.6. The van der Waals surface area contributed by atoms with Crippen molar-refractivity contribution in [3.05, 3.63) is 30.0 Å². The molecule has 0 aliphatic heterocycles. The van der Waals surface area contributed by atoms with Gasteiger partial charge in [-0.1, -0.05) is 0 Å². The third-order valence-corrected chi connectivity index (χ3v) is 4.12. The molecule has 128 valence electrons. The van der Waals surface area contributed by atoms with Gasteiger partial charge in [0, 0.05) is 48.5 Å². The number of rotatable bonds is 3. The highest BCUT2D eigenvalue weighted by Crippen LogP contribution is 2.35. The van der Waals surface area contributed by atoms with Crippen LogP contribution in [0.1, 0.15) is 56.6 Å². The Morgan fingerprint density at radius 2 is 1.92 bits per heavy atom. The maximum absolute atomic E-state index is 12.6. The molecule has 0 spiro atoms. The molecule has 1 aliphatic carbocycles. The molecule has 1 unspecified atom stereocenters. The summed E-state index contributed by atoms with van der Waals surface area (Å²) in [5.41, 5.74) is 1.88. The van der Waals surface area contributed by atoms with Crippen LogP contribution in [0.15, 0.2) is 18.5 Å². The zero-order valence-corrected chi connectivity index (χ0v) is 13.3. The first kappa shape index (κ1) is 16.6. The predicted molar refractivity (Wildman–Crippen MR) is 80.2 cm³/mol. The quantitative estimate of drug-likeness (QED) is 0.854. The number of carbonyl (C=O) groups is 1. The first-order valence-corrected chi connectivity index (χ1v) is 7.76. The molecule has 8 heteroatoms. The molecule has 1 atom stereocenters. The minimum Gasteiger partial charge on any atom is -0.300 e. The first-order valence-electron chi connectivity index (χ1n) is 7.76. The number of carbonyl (C=O) groups excluding carboxylic acids is 1. The monoisotopic (exact) mass is 338 g/mol. The van der Waals surface area contributed by atoms with Crippen LogP contribution in [0.4, 0.5) is 13.2 Å². The van der Waals surface area contributed by atoms with Crippen LogP contribution in [0.5, 0.6) is 0 Å². The van der Waals surface area contributed by atoms with E-state index in [4.69, 9.17) is 0 Å². The second-order valence-corrected chi connectivity index (χ2v) is 6.26. The van der Waals surface area contributed by atoms with Gasteiger partial charge in [-0.25, -0.2) is 9.97 Å². The summed E-state index contributed by atoms with van der Waals surface area (Å²) >= 11 is 0. The zero-order valence-electron chi connectivity index (χ0n) is 13.3. The van der Waals surface area contributed by atoms with E-state index >= 15 is 0 Å². The summed E-state index contributed by atoms with van der Waals surface area (Å²) in [5.74, 6) is -0.830. The predicted octanol–water partition coefficient (Wildman–Crippen LogP) is 3.78. The molecule has 0 bridgehead atoms. The van der Waals surface area contributed by atoms with Crippen molar-refractivity contribution in [2.45, 2.75) is 51.2 Å². The Hall–Kier alpha value is -2.25. The number of hydrogen-bond donors (Lipinski definition) is 0. The first-order chi connectivity index (χ1) is 11.3. The van der Waals surface area contributed by atoms with Crippen molar-refractivity contribution >= 4 is 5.78 Å². The molecule has 1 fully saturated rings. The van der Waals surface area contributed by atoms with E-state index in [1.807, 2.05) is 24.6 Å². The highest BCUT2D eigenvalue weighted by molar-refractivity contribution is 5.81. The minimum atomic E-state index is -4.56. The Bertz CT molecular complexity index is 750. The van der Waals surface area contributed by atoms with E-state index in [-0.39, 0.29) is 17.7 Å². The molecule has 2 heterocycles. The topological polar surface area (TPSA) is 60.7 Å². The second kappa shape index (κ2) is 5.99. The number of halogens is 3. The summed E-state index contributed by atoms with van der Waals surface area (Å²) in [6.45, 7) is 3.95. The summed E-state index contributed by atoms with van der Waals surface area (Å²) in [7, 11) is 0. The van der Waals surface area contributed by atoms with Gasteiger partial charge in [0.05, 0.1) is 5.69 Å². The molecule has 3 rings (SSSR count). The third-order valence-electron chi connectivity index (χ3n) is 4.12. The molecular weight excluding hydrogens is 321 g/mol. The van der Waals surface area contributed by atoms with Crippen LogP contribution in [0.2, 0.25) is 0 Å². The number of hydrogen-bond acceptors (Lipinski definition) is 4. The van der Waals surface area contributed by atoms with Crippen molar-refractivity contribution in [3.63, 3.8) is 0 Å². The highest BCUT2D eigenvalue weighted by atomic mass is 19.4. The maximum atomic E-state index is 12.6. The standard InChI is InChI=1S/C16H17F3N4O/c1-9(2)23-14(10-3-4-12(24)5-10)6-13(22-23)11-7-20-15(21-8-11)16(17,18)19/h6-10H,3-5H2,1-2H3. The number of Topliss-reactive ketones (excluding diaryl/α,β-unsaturated/α-hetero) is 1. The van der Waals surface area contributed by atoms with Crippen molar-refractivity contribution in [2.75, 3.05) is 0 Å². The molecule has 0 amide bonds. The molecule has 0 saturated heterocycles. The van der Waals surface area contributed by atoms with Gasteiger partial charge in [-0.05, 0) is 26.3 Å². The molecule has 24 heavy (non-hydrogen) atoms. The van der Waals surface area contributed by atoms with Crippen LogP contribution in [-0.2, 0) is 11.0 Å². The van der Waals surface area contributed by atoms with E-state index in [2.05, 4.69) is 15.1 Å². The van der Waals surface area contributed by atoms with E-state index in [9.17, 15) is 18.0 Å². The van der Waals surface area contributed by atoms with Gasteiger partial charge in [0.25, 0.3) is 0 Å². The van der Waals surface area contributed by atoms with E-state index < -0.39 is 12.0 Å². The zero-order chi connectivity index (χ0) is 17.5. The van der Waals surface area contributed by atoms with Gasteiger partial charge in [-0.3, -0.25) is 9.48 Å². The fourth-order valence-electron chi connectivity index (χ4n) is 2.94. The van der Waals surface area contributed by atoms with Gasteiger partial charge < -0.3 is 0 Å². The van der Waals surface area contributed by atoms with E-state index in [0.29, 0.717) is 24.1 Å². The van der Waals surface area contributed by atoms with Gasteiger partial charge in [0.15, 0.2) is 0 Å². The lowest BCUT2D eigenvalue weighted by Crippen LogP contribution is -2.11. The Morgan fingerprint density at radius 1 is 1.25 bits per heavy atom. The molecule has 0 radical (unpaired) electrons. The molecule has 2 aromatic heterocycles. The SMILES string of the molecule is CC(C)n1nc(-c2cnc(C(F)(F)F)nc2)cc1C1CCC(=O)C1. The molecule has 1 saturated carbocycles. The molecule has 0 aromatic carbocycles. The summed E-state index contributed by atoms with van der Waals surface area (Å²) in [6.07, 6.45) is -0.474. The van der Waals surface area contributed by atoms with Gasteiger partial charge in [-0.15, -0.1) is 0 Å². The third kappa shape index (κ3) is 3.18. The highest BCUT2D eigenvalue weighted by Gasteiger charge is 2.34. The Morgan fingerprint density at radius 3 is 2.42 bits per heavy atom. The van der Waals surface area contributed by atoms with Crippen LogP contribution in [0, 0.1) is 0 Å². The van der Waals surface area contributed by atoms with Crippen LogP contribution in [0.3, 0.4) is 0 Å². The number of ketones is 1. The van der Waals surface area contributed by atoms with Crippen molar-refractivity contribution in [1.82, 2.24) is 19.7 Å². The van der Waals surface area contributed by atoms with Crippen LogP contribution in [-0.4, -0.2) is 25.5 Å². The average molecular weight is 338 g/mol. The Balaban J connectivity index is 1.95. The summed E-state index contributed by atoms with van der Waals surface area (Å²) in [5, 5.41) is 4.49. The Labute approximate surface area is 136 Å². The molecular formula is C16H17F3N4O. The fourth-order valence-corrected chi connectivity index (χ4v) is 2.94. The van der Waals surface area contributed by atoms with E-state index in [1.165, 1.54) is 0 Å². The Kier molecular flexibility index (Phi) is 4.15. The number of nitrogens with zero attached hydrogens (tertiary/aromatic N) is 4. The van der Waals surface area contributed by atoms with Crippen LogP contribution < -0.4 is 0 Å². The number of aromatic nitrogens is 4. The van der Waals surface area contributed by atoms with Crippen molar-refractivity contribution in [3.8, 4) is 11.3 Å². The van der Waals surface area contributed by atoms with Gasteiger partial charge in [-0.2, -0.15) is 18.3 Å². The van der Waals surface area contributed by atoms with Gasteiger partial charge >= 0.3 is 6.18 Å². The van der Waals surface area contributed by atoms with E-state index in [1.54, 1.807) is 0 Å². The smallest absolute Gasteiger partial charge is 0.300 e. The number of alkyl halides is 3. The molecule has 1 aliphatic rings. The van der Waals surface area contributed by atoms with Gasteiger partial charge in [0.1, 0.15) is 5.78 Å². The molecule has 5 nitrogen and oxygen atoms in total. The minimum absolute atomic E-state index is 0.0832. The van der Waals surface area contributed by atoms with E-state index in [0.717, 1.165) is 24.5 Å². The lowest BCUT2D eigenvalue weighted by atomic mass is 10.0. The van der Waals surface area contributed by atoms with Crippen LogP contribution >= 0.6 is 0 Å². The van der Waals surface area contributed by atoms with Crippen LogP contribution in [0.25, 0.3) is 11.3 Å². The second-order valence-electron chi connectivity index (χ2n) is 6.26. The molecule has 2 aromatic rings. The fraction of sp³-hybridized carbons (Fsp3) is 0.500. The largest absolute Gasteiger partial charge is 0.451 e. The summed E-state index contributed by atoms with van der Waals surface area (Å²) in [4.78, 5) is 18.3. The summed E-state index contributed by atoms with van der Waals surface area (Å²) < 4.78 is 39.5. The lowest BCUT2D eigenvalue weighted by molar-refractivity contribution is -0.145. The average Bonchev–Trinajstić information content (AvgIpc) is 3.12. The van der Waals surface area contributed by atoms with Crippen molar-refractivity contribution in [2.24, 2.45) is 0 Å². The molecule has 0 N–H and O–H groups in total. The van der Waals surface area contributed by atoms with Gasteiger partial charge in [0.2, 0.25) is 5.82 Å². The lowest BCUT2D eigenvalue weighted by Gasteiger charge is -2.14.